The Morgan fingerprint density at radius 3 is 1.97 bits per heavy atom. The number of ether oxygens (including phenoxy) is 3. The van der Waals surface area contributed by atoms with E-state index in [2.05, 4.69) is 27.3 Å². The van der Waals surface area contributed by atoms with E-state index < -0.39 is 11.9 Å². The van der Waals surface area contributed by atoms with Crippen molar-refractivity contribution in [1.29, 1.82) is 0 Å². The largest absolute Gasteiger partial charge is 0.465 e. The van der Waals surface area contributed by atoms with Gasteiger partial charge in [0.05, 0.1) is 10.7 Å². The lowest BCUT2D eigenvalue weighted by Crippen LogP contribution is -2.33. The number of carbonyl (C=O) groups is 3. The second kappa shape index (κ2) is 12.8. The molecule has 2 rings (SSSR count). The molecule has 0 radical (unpaired) electrons. The zero-order valence-corrected chi connectivity index (χ0v) is 19.0. The average Bonchev–Trinajstić information content (AvgIpc) is 2.70. The van der Waals surface area contributed by atoms with Gasteiger partial charge < -0.3 is 19.1 Å². The number of halogens is 1. The monoisotopic (exact) mass is 513 g/mol. The summed E-state index contributed by atoms with van der Waals surface area (Å²) < 4.78 is 15.6. The number of hydrogen-bond donors (Lipinski definition) is 0. The van der Waals surface area contributed by atoms with Crippen LogP contribution in [-0.4, -0.2) is 43.1 Å². The molecule has 0 N–H and O–H groups in total. The predicted molar refractivity (Wildman–Crippen MR) is 117 cm³/mol. The van der Waals surface area contributed by atoms with Gasteiger partial charge in [-0.05, 0) is 60.7 Å². The number of para-hydroxylation sites is 2. The van der Waals surface area contributed by atoms with Gasteiger partial charge in [0.2, 0.25) is 0 Å². The second-order valence-electron chi connectivity index (χ2n) is 5.55. The highest BCUT2D eigenvalue weighted by Crippen LogP contribution is 2.20. The molecule has 0 unspecified atom stereocenters. The first kappa shape index (κ1) is 24.4. The molecule has 7 nitrogen and oxygen atoms in total. The Morgan fingerprint density at radius 2 is 1.45 bits per heavy atom. The van der Waals surface area contributed by atoms with Crippen molar-refractivity contribution in [2.45, 2.75) is 20.8 Å². The van der Waals surface area contributed by atoms with E-state index in [9.17, 15) is 14.4 Å². The summed E-state index contributed by atoms with van der Waals surface area (Å²) in [5.74, 6) is -0.162. The summed E-state index contributed by atoms with van der Waals surface area (Å²) in [7, 11) is 1.27. The Labute approximate surface area is 184 Å². The van der Waals surface area contributed by atoms with Crippen LogP contribution in [0.3, 0.4) is 0 Å². The number of esters is 2. The lowest BCUT2D eigenvalue weighted by Gasteiger charge is -2.18. The van der Waals surface area contributed by atoms with Gasteiger partial charge in [0.15, 0.2) is 0 Å². The second-order valence-corrected chi connectivity index (χ2v) is 6.71. The zero-order chi connectivity index (χ0) is 21.8. The maximum Gasteiger partial charge on any atom is 0.415 e. The van der Waals surface area contributed by atoms with Gasteiger partial charge in [-0.3, -0.25) is 4.79 Å². The van der Waals surface area contributed by atoms with Gasteiger partial charge >= 0.3 is 18.0 Å². The van der Waals surface area contributed by atoms with Gasteiger partial charge in [-0.15, -0.1) is 0 Å². The van der Waals surface area contributed by atoms with Crippen molar-refractivity contribution in [1.82, 2.24) is 4.90 Å². The average molecular weight is 513 g/mol. The molecule has 0 aliphatic rings. The van der Waals surface area contributed by atoms with E-state index in [1.54, 1.807) is 23.1 Å². The number of hydrogen-bond acceptors (Lipinski definition) is 6. The minimum absolute atomic E-state index is 0.215. The smallest absolute Gasteiger partial charge is 0.415 e. The van der Waals surface area contributed by atoms with E-state index in [1.807, 2.05) is 32.0 Å². The van der Waals surface area contributed by atoms with Crippen LogP contribution in [0.4, 0.5) is 4.79 Å². The standard InChI is InChI=1S/C11H14INO2.C10H10O4/c1-3-13(4-2)11(14)15-10-8-6-5-7-9(10)12;1-7(11)14-9-6-4-3-5-8(9)10(12)13-2/h5-8H,3-4H2,1-2H3;3-6H,1-2H3. The number of methoxy groups -OCH3 is 1. The summed E-state index contributed by atoms with van der Waals surface area (Å²) >= 11 is 2.15. The molecule has 0 aromatic heterocycles. The van der Waals surface area contributed by atoms with Gasteiger partial charge in [0.1, 0.15) is 17.1 Å². The summed E-state index contributed by atoms with van der Waals surface area (Å²) in [5.41, 5.74) is 0.241. The van der Waals surface area contributed by atoms with Crippen LogP contribution in [0.25, 0.3) is 0 Å². The van der Waals surface area contributed by atoms with Crippen LogP contribution in [0.1, 0.15) is 31.1 Å². The van der Waals surface area contributed by atoms with Crippen molar-refractivity contribution in [3.05, 3.63) is 57.7 Å². The van der Waals surface area contributed by atoms with Crippen molar-refractivity contribution >= 4 is 40.6 Å². The first-order valence-corrected chi connectivity index (χ1v) is 9.98. The molecule has 0 aliphatic carbocycles. The molecular weight excluding hydrogens is 489 g/mol. The summed E-state index contributed by atoms with van der Waals surface area (Å²) in [4.78, 5) is 35.2. The molecule has 2 aromatic carbocycles. The molecule has 156 valence electrons. The molecule has 0 aliphatic heterocycles. The third-order valence-corrected chi connectivity index (χ3v) is 4.49. The Morgan fingerprint density at radius 1 is 0.897 bits per heavy atom. The molecule has 1 amide bonds. The molecular formula is C21H24INO6. The van der Waals surface area contributed by atoms with Gasteiger partial charge in [0, 0.05) is 20.0 Å². The SMILES string of the molecule is CCN(CC)C(=O)Oc1ccccc1I.COC(=O)c1ccccc1OC(C)=O. The highest BCUT2D eigenvalue weighted by molar-refractivity contribution is 14.1. The Kier molecular flexibility index (Phi) is 10.7. The van der Waals surface area contributed by atoms with E-state index >= 15 is 0 Å². The summed E-state index contributed by atoms with van der Waals surface area (Å²) in [6.07, 6.45) is -0.288. The predicted octanol–water partition coefficient (Wildman–Crippen LogP) is 4.53. The fourth-order valence-corrected chi connectivity index (χ4v) is 2.65. The maximum absolute atomic E-state index is 11.6. The lowest BCUT2D eigenvalue weighted by molar-refractivity contribution is -0.131. The van der Waals surface area contributed by atoms with Gasteiger partial charge in [-0.2, -0.15) is 0 Å². The quantitative estimate of drug-likeness (QED) is 0.332. The van der Waals surface area contributed by atoms with Crippen LogP contribution >= 0.6 is 22.6 Å². The number of nitrogens with zero attached hydrogens (tertiary/aromatic N) is 1. The minimum atomic E-state index is -0.526. The van der Waals surface area contributed by atoms with E-state index in [0.29, 0.717) is 18.8 Å². The molecule has 8 heteroatoms. The van der Waals surface area contributed by atoms with Crippen LogP contribution in [0.15, 0.2) is 48.5 Å². The molecule has 0 spiro atoms. The molecule has 0 saturated carbocycles. The summed E-state index contributed by atoms with van der Waals surface area (Å²) in [6, 6.07) is 13.9. The Bertz CT molecular complexity index is 835. The van der Waals surface area contributed by atoms with Crippen molar-refractivity contribution in [2.24, 2.45) is 0 Å². The van der Waals surface area contributed by atoms with Crippen LogP contribution in [0.5, 0.6) is 11.5 Å². The first-order valence-electron chi connectivity index (χ1n) is 8.91. The fraction of sp³-hybridized carbons (Fsp3) is 0.286. The number of amides is 1. The molecule has 0 atom stereocenters. The molecule has 0 heterocycles. The van der Waals surface area contributed by atoms with Crippen LogP contribution in [0.2, 0.25) is 0 Å². The van der Waals surface area contributed by atoms with E-state index in [-0.39, 0.29) is 17.4 Å². The van der Waals surface area contributed by atoms with Crippen LogP contribution < -0.4 is 9.47 Å². The van der Waals surface area contributed by atoms with E-state index in [1.165, 1.54) is 26.2 Å². The zero-order valence-electron chi connectivity index (χ0n) is 16.8. The molecule has 0 saturated heterocycles. The van der Waals surface area contributed by atoms with Crippen LogP contribution in [0, 0.1) is 3.57 Å². The number of carbonyl (C=O) groups excluding carboxylic acids is 3. The Balaban J connectivity index is 0.000000291. The Hall–Kier alpha value is -2.62. The molecule has 29 heavy (non-hydrogen) atoms. The highest BCUT2D eigenvalue weighted by atomic mass is 127. The van der Waals surface area contributed by atoms with Gasteiger partial charge in [-0.1, -0.05) is 24.3 Å². The van der Waals surface area contributed by atoms with Crippen molar-refractivity contribution < 1.29 is 28.6 Å². The molecule has 0 bridgehead atoms. The molecule has 2 aromatic rings. The lowest BCUT2D eigenvalue weighted by atomic mass is 10.2. The molecule has 0 fully saturated rings. The van der Waals surface area contributed by atoms with Crippen LogP contribution in [-0.2, 0) is 9.53 Å². The van der Waals surface area contributed by atoms with E-state index in [4.69, 9.17) is 9.47 Å². The first-order chi connectivity index (χ1) is 13.8. The topological polar surface area (TPSA) is 82.1 Å². The van der Waals surface area contributed by atoms with E-state index in [0.717, 1.165) is 3.57 Å². The normalized spacial score (nSPS) is 9.55. The number of rotatable bonds is 5. The van der Waals surface area contributed by atoms with Gasteiger partial charge in [0.25, 0.3) is 0 Å². The third-order valence-electron chi connectivity index (χ3n) is 3.60. The fourth-order valence-electron chi connectivity index (χ4n) is 2.16. The third kappa shape index (κ3) is 8.10. The summed E-state index contributed by atoms with van der Waals surface area (Å²) in [5, 5.41) is 0. The van der Waals surface area contributed by atoms with Crippen molar-refractivity contribution in [2.75, 3.05) is 20.2 Å². The summed E-state index contributed by atoms with van der Waals surface area (Å²) in [6.45, 7) is 6.47. The minimum Gasteiger partial charge on any atom is -0.465 e. The number of benzene rings is 2. The van der Waals surface area contributed by atoms with Crippen molar-refractivity contribution in [3.63, 3.8) is 0 Å². The van der Waals surface area contributed by atoms with Gasteiger partial charge in [-0.25, -0.2) is 9.59 Å². The highest BCUT2D eigenvalue weighted by Gasteiger charge is 2.13. The maximum atomic E-state index is 11.6. The van der Waals surface area contributed by atoms with Crippen molar-refractivity contribution in [3.8, 4) is 11.5 Å².